The van der Waals surface area contributed by atoms with Crippen LogP contribution in [0.15, 0.2) is 16.0 Å². The van der Waals surface area contributed by atoms with Gasteiger partial charge in [0, 0.05) is 10.9 Å². The van der Waals surface area contributed by atoms with Crippen LogP contribution in [-0.2, 0) is 22.4 Å². The molecular weight excluding hydrogens is 400 g/mol. The van der Waals surface area contributed by atoms with Gasteiger partial charge in [-0.3, -0.25) is 9.59 Å². The van der Waals surface area contributed by atoms with Crippen LogP contribution in [0, 0.1) is 0 Å². The Morgan fingerprint density at radius 1 is 1.36 bits per heavy atom. The van der Waals surface area contributed by atoms with Gasteiger partial charge in [0.15, 0.2) is 5.16 Å². The molecule has 1 amide bonds. The van der Waals surface area contributed by atoms with Gasteiger partial charge in [0.05, 0.1) is 17.9 Å². The van der Waals surface area contributed by atoms with E-state index in [0.717, 1.165) is 54.3 Å². The summed E-state index contributed by atoms with van der Waals surface area (Å²) >= 11 is 2.52. The Morgan fingerprint density at radius 3 is 2.89 bits per heavy atom. The lowest BCUT2D eigenvalue weighted by molar-refractivity contribution is -0.113. The molecule has 3 rings (SSSR count). The number of rotatable bonds is 6. The molecule has 0 radical (unpaired) electrons. The van der Waals surface area contributed by atoms with Gasteiger partial charge >= 0.3 is 5.97 Å². The minimum absolute atomic E-state index is 0.0250. The van der Waals surface area contributed by atoms with Crippen LogP contribution in [-0.4, -0.2) is 34.2 Å². The molecule has 4 N–H and O–H groups in total. The molecule has 1 aliphatic rings. The van der Waals surface area contributed by atoms with Crippen molar-refractivity contribution in [2.75, 3.05) is 23.4 Å². The number of ether oxygens (including phenoxy) is 1. The Bertz CT molecular complexity index is 938. The number of aromatic nitrogens is 2. The smallest absolute Gasteiger partial charge is 0.341 e. The largest absolute Gasteiger partial charge is 0.462 e. The average Bonchev–Trinajstić information content (AvgIpc) is 2.80. The quantitative estimate of drug-likeness (QED) is 0.282. The monoisotopic (exact) mass is 422 g/mol. The van der Waals surface area contributed by atoms with Gasteiger partial charge in [0.25, 0.3) is 5.56 Å². The standard InChI is InChI=1S/C18H22N4O4S2/c1-2-26-17(25)15-10-6-4-3-5-7-11(10)28-16(15)21-14(24)9-27-18-20-12(19)8-13(23)22-18/h8H,2-7,9H2,1H3,(H,21,24)(H3,19,20,22,23). The summed E-state index contributed by atoms with van der Waals surface area (Å²) in [6, 6.07) is 1.18. The van der Waals surface area contributed by atoms with Crippen molar-refractivity contribution in [2.45, 2.75) is 44.2 Å². The Morgan fingerprint density at radius 2 is 2.14 bits per heavy atom. The summed E-state index contributed by atoms with van der Waals surface area (Å²) in [4.78, 5) is 44.0. The lowest BCUT2D eigenvalue weighted by Gasteiger charge is -2.08. The summed E-state index contributed by atoms with van der Waals surface area (Å²) in [6.07, 6.45) is 4.96. The predicted molar refractivity (Wildman–Crippen MR) is 110 cm³/mol. The van der Waals surface area contributed by atoms with Crippen LogP contribution in [0.4, 0.5) is 10.8 Å². The van der Waals surface area contributed by atoms with Crippen molar-refractivity contribution in [2.24, 2.45) is 0 Å². The highest BCUT2D eigenvalue weighted by atomic mass is 32.2. The number of carbonyl (C=O) groups is 2. The fourth-order valence-corrected chi connectivity index (χ4v) is 5.04. The third kappa shape index (κ3) is 4.93. The van der Waals surface area contributed by atoms with E-state index in [1.54, 1.807) is 6.92 Å². The van der Waals surface area contributed by atoms with E-state index in [9.17, 15) is 14.4 Å². The van der Waals surface area contributed by atoms with Crippen molar-refractivity contribution < 1.29 is 14.3 Å². The summed E-state index contributed by atoms with van der Waals surface area (Å²) < 4.78 is 5.22. The SMILES string of the molecule is CCOC(=O)c1c(NC(=O)CSc2nc(N)cc(=O)[nH]2)sc2c1CCCCC2. The summed E-state index contributed by atoms with van der Waals surface area (Å²) in [6.45, 7) is 2.04. The number of thiophene rings is 1. The molecule has 2 aromatic rings. The van der Waals surface area contributed by atoms with Crippen molar-refractivity contribution in [3.8, 4) is 0 Å². The minimum atomic E-state index is -0.397. The van der Waals surface area contributed by atoms with Crippen LogP contribution in [0.1, 0.15) is 47.0 Å². The van der Waals surface area contributed by atoms with Crippen LogP contribution in [0.5, 0.6) is 0 Å². The highest BCUT2D eigenvalue weighted by Gasteiger charge is 2.26. The molecule has 2 aromatic heterocycles. The first-order chi connectivity index (χ1) is 13.5. The van der Waals surface area contributed by atoms with E-state index < -0.39 is 5.97 Å². The van der Waals surface area contributed by atoms with Gasteiger partial charge in [0.1, 0.15) is 10.8 Å². The summed E-state index contributed by atoms with van der Waals surface area (Å²) in [5.74, 6) is -0.570. The number of carbonyl (C=O) groups excluding carboxylic acids is 2. The number of amides is 1. The van der Waals surface area contributed by atoms with E-state index in [1.807, 2.05) is 0 Å². The number of aryl methyl sites for hydroxylation is 1. The van der Waals surface area contributed by atoms with Gasteiger partial charge in [-0.2, -0.15) is 0 Å². The number of nitrogen functional groups attached to an aromatic ring is 1. The van der Waals surface area contributed by atoms with Gasteiger partial charge < -0.3 is 20.8 Å². The number of nitrogens with one attached hydrogen (secondary N) is 2. The van der Waals surface area contributed by atoms with E-state index in [2.05, 4.69) is 15.3 Å². The average molecular weight is 423 g/mol. The van der Waals surface area contributed by atoms with Crippen LogP contribution in [0.2, 0.25) is 0 Å². The topological polar surface area (TPSA) is 127 Å². The summed E-state index contributed by atoms with van der Waals surface area (Å²) in [5, 5.41) is 3.64. The Balaban J connectivity index is 1.76. The number of nitrogens with two attached hydrogens (primary N) is 1. The van der Waals surface area contributed by atoms with Crippen molar-refractivity contribution in [3.05, 3.63) is 32.4 Å². The molecule has 8 nitrogen and oxygen atoms in total. The number of esters is 1. The minimum Gasteiger partial charge on any atom is -0.462 e. The molecule has 2 heterocycles. The first-order valence-electron chi connectivity index (χ1n) is 9.09. The lowest BCUT2D eigenvalue weighted by atomic mass is 10.1. The van der Waals surface area contributed by atoms with E-state index in [0.29, 0.717) is 10.6 Å². The van der Waals surface area contributed by atoms with E-state index in [4.69, 9.17) is 10.5 Å². The number of fused-ring (bicyclic) bond motifs is 1. The van der Waals surface area contributed by atoms with Gasteiger partial charge in [-0.1, -0.05) is 18.2 Å². The second-order valence-electron chi connectivity index (χ2n) is 6.30. The lowest BCUT2D eigenvalue weighted by Crippen LogP contribution is -2.17. The molecule has 150 valence electrons. The van der Waals surface area contributed by atoms with Crippen LogP contribution < -0.4 is 16.6 Å². The maximum Gasteiger partial charge on any atom is 0.341 e. The van der Waals surface area contributed by atoms with Crippen molar-refractivity contribution >= 4 is 45.8 Å². The molecule has 0 saturated carbocycles. The number of hydrogen-bond acceptors (Lipinski definition) is 8. The van der Waals surface area contributed by atoms with Crippen LogP contribution in [0.3, 0.4) is 0 Å². The van der Waals surface area contributed by atoms with Crippen LogP contribution >= 0.6 is 23.1 Å². The van der Waals surface area contributed by atoms with E-state index in [-0.39, 0.29) is 34.8 Å². The highest BCUT2D eigenvalue weighted by molar-refractivity contribution is 7.99. The summed E-state index contributed by atoms with van der Waals surface area (Å²) in [7, 11) is 0. The molecule has 0 spiro atoms. The molecule has 0 bridgehead atoms. The normalized spacial score (nSPS) is 13.5. The molecule has 1 aliphatic carbocycles. The van der Waals surface area contributed by atoms with Gasteiger partial charge in [-0.15, -0.1) is 11.3 Å². The molecule has 0 aliphatic heterocycles. The number of anilines is 2. The van der Waals surface area contributed by atoms with Crippen molar-refractivity contribution in [1.29, 1.82) is 0 Å². The zero-order valence-electron chi connectivity index (χ0n) is 15.5. The second-order valence-corrected chi connectivity index (χ2v) is 8.37. The molecule has 0 fully saturated rings. The maximum atomic E-state index is 12.5. The van der Waals surface area contributed by atoms with Crippen molar-refractivity contribution in [1.82, 2.24) is 9.97 Å². The predicted octanol–water partition coefficient (Wildman–Crippen LogP) is 2.59. The van der Waals surface area contributed by atoms with Crippen molar-refractivity contribution in [3.63, 3.8) is 0 Å². The first kappa shape index (κ1) is 20.4. The molecule has 0 aromatic carbocycles. The molecule has 28 heavy (non-hydrogen) atoms. The highest BCUT2D eigenvalue weighted by Crippen LogP contribution is 2.38. The van der Waals surface area contributed by atoms with E-state index >= 15 is 0 Å². The number of thioether (sulfide) groups is 1. The second kappa shape index (κ2) is 9.24. The van der Waals surface area contributed by atoms with Crippen LogP contribution in [0.25, 0.3) is 0 Å². The zero-order valence-corrected chi connectivity index (χ0v) is 17.1. The molecule has 0 atom stereocenters. The number of H-pyrrole nitrogens is 1. The van der Waals surface area contributed by atoms with Gasteiger partial charge in [0.2, 0.25) is 5.91 Å². The number of nitrogens with zero attached hydrogens (tertiary/aromatic N) is 1. The third-order valence-corrected chi connectivity index (χ3v) is 6.31. The molecular formula is C18H22N4O4S2. The zero-order chi connectivity index (χ0) is 20.1. The van der Waals surface area contributed by atoms with Gasteiger partial charge in [-0.05, 0) is 38.2 Å². The fourth-order valence-electron chi connectivity index (χ4n) is 3.07. The third-order valence-electron chi connectivity index (χ3n) is 4.23. The van der Waals surface area contributed by atoms with Gasteiger partial charge in [-0.25, -0.2) is 9.78 Å². The Labute approximate surface area is 170 Å². The molecule has 10 heteroatoms. The summed E-state index contributed by atoms with van der Waals surface area (Å²) in [5.41, 5.74) is 6.66. The first-order valence-corrected chi connectivity index (χ1v) is 10.9. The Hall–Kier alpha value is -2.33. The molecule has 0 unspecified atom stereocenters. The maximum absolute atomic E-state index is 12.5. The number of hydrogen-bond donors (Lipinski definition) is 3. The number of aromatic amines is 1. The Kier molecular flexibility index (Phi) is 6.74. The fraction of sp³-hybridized carbons (Fsp3) is 0.444. The molecule has 0 saturated heterocycles. The van der Waals surface area contributed by atoms with E-state index in [1.165, 1.54) is 17.4 Å².